The second-order valence-corrected chi connectivity index (χ2v) is 11.0. The number of aliphatic hydroxyl groups is 2. The molecule has 0 heterocycles. The van der Waals surface area contributed by atoms with Crippen LogP contribution in [0.4, 0.5) is 0 Å². The number of aliphatic carboxylic acids is 2. The number of rotatable bonds is 24. The third-order valence-electron chi connectivity index (χ3n) is 6.70. The van der Waals surface area contributed by atoms with E-state index < -0.39 is 36.2 Å². The molecule has 45 heavy (non-hydrogen) atoms. The van der Waals surface area contributed by atoms with Crippen molar-refractivity contribution >= 4 is 61.5 Å². The number of hydrogen-bond donors (Lipinski definition) is 4. The first-order valence-corrected chi connectivity index (χ1v) is 15.7. The zero-order valence-electron chi connectivity index (χ0n) is 28.4. The van der Waals surface area contributed by atoms with E-state index in [2.05, 4.69) is 22.5 Å². The fourth-order valence-corrected chi connectivity index (χ4v) is 4.10. The Morgan fingerprint density at radius 3 is 1.73 bits per heavy atom. The summed E-state index contributed by atoms with van der Waals surface area (Å²) in [6.45, 7) is 12.0. The minimum atomic E-state index is -1.20. The molecule has 0 aliphatic heterocycles. The van der Waals surface area contributed by atoms with Gasteiger partial charge in [0.1, 0.15) is 6.04 Å². The van der Waals surface area contributed by atoms with Gasteiger partial charge in [0.15, 0.2) is 0 Å². The molecule has 4 atom stereocenters. The molecule has 0 spiro atoms. The summed E-state index contributed by atoms with van der Waals surface area (Å²) in [7, 11) is 0. The molecule has 0 fully saturated rings. The van der Waals surface area contributed by atoms with E-state index in [1.165, 1.54) is 6.92 Å². The van der Waals surface area contributed by atoms with Crippen molar-refractivity contribution in [3.8, 4) is 0 Å². The summed E-state index contributed by atoms with van der Waals surface area (Å²) >= 11 is 0. The summed E-state index contributed by atoms with van der Waals surface area (Å²) in [5.41, 5.74) is 0. The van der Waals surface area contributed by atoms with Gasteiger partial charge in [-0.25, -0.2) is 0 Å². The van der Waals surface area contributed by atoms with Crippen molar-refractivity contribution in [3.05, 3.63) is 24.3 Å². The van der Waals surface area contributed by atoms with Crippen LogP contribution in [0.15, 0.2) is 29.3 Å². The van der Waals surface area contributed by atoms with E-state index in [4.69, 9.17) is 5.11 Å². The van der Waals surface area contributed by atoms with Gasteiger partial charge in [-0.1, -0.05) is 24.3 Å². The van der Waals surface area contributed by atoms with Crippen LogP contribution in [0, 0.1) is 0 Å². The monoisotopic (exact) mass is 666 g/mol. The normalized spacial score (nSPS) is 14.5. The number of nitrogens with zero attached hydrogens (tertiary/aromatic N) is 3. The molecule has 0 saturated heterocycles. The number of allylic oxidation sites excluding steroid dienone is 4. The van der Waals surface area contributed by atoms with Crippen LogP contribution in [-0.4, -0.2) is 150 Å². The molecule has 256 valence electrons. The van der Waals surface area contributed by atoms with Crippen molar-refractivity contribution in [3.63, 3.8) is 0 Å². The van der Waals surface area contributed by atoms with Crippen LogP contribution < -0.4 is 15.5 Å². The van der Waals surface area contributed by atoms with Crippen LogP contribution in [0.2, 0.25) is 0 Å². The molecule has 0 aromatic carbocycles. The first kappa shape index (κ1) is 47.9. The summed E-state index contributed by atoms with van der Waals surface area (Å²) in [4.78, 5) is 40.8. The Morgan fingerprint density at radius 1 is 0.800 bits per heavy atom. The van der Waals surface area contributed by atoms with Gasteiger partial charge in [-0.05, 0) is 92.4 Å². The number of aliphatic hydroxyl groups excluding tert-OH is 2. The molecule has 13 heteroatoms. The Balaban J connectivity index is -0.000000767. The first-order chi connectivity index (χ1) is 20.8. The Labute approximate surface area is 300 Å². The van der Waals surface area contributed by atoms with Gasteiger partial charge in [-0.3, -0.25) is 19.4 Å². The molecular weight excluding hydrogens is 608 g/mol. The largest absolute Gasteiger partial charge is 2.00 e. The maximum atomic E-state index is 11.7. The topological polar surface area (TPSA) is 189 Å². The van der Waals surface area contributed by atoms with Crippen LogP contribution in [0.5, 0.6) is 0 Å². The first-order valence-electron chi connectivity index (χ1n) is 15.7. The molecular formula is C32H58CaN4O8. The third kappa shape index (κ3) is 29.6. The van der Waals surface area contributed by atoms with Gasteiger partial charge in [0.05, 0.1) is 24.7 Å². The Hall–Kier alpha value is -1.54. The number of carboxylic acid groups (broad SMARTS) is 2. The summed E-state index contributed by atoms with van der Waals surface area (Å²) in [6, 6.07) is -1.51. The summed E-state index contributed by atoms with van der Waals surface area (Å²) in [6.07, 6.45) is 13.3. The molecule has 12 nitrogen and oxygen atoms in total. The Bertz CT molecular complexity index is 868. The van der Waals surface area contributed by atoms with E-state index in [-0.39, 0.29) is 69.2 Å². The maximum absolute atomic E-state index is 11.7. The molecule has 0 aliphatic carbocycles. The minimum absolute atomic E-state index is 0. The van der Waals surface area contributed by atoms with Crippen LogP contribution in [-0.2, 0) is 14.4 Å². The number of aliphatic imine (C=N–C) groups is 1. The van der Waals surface area contributed by atoms with Crippen molar-refractivity contribution in [1.82, 2.24) is 15.1 Å². The molecule has 0 radical (unpaired) electrons. The molecule has 0 aromatic heterocycles. The van der Waals surface area contributed by atoms with Crippen molar-refractivity contribution in [2.75, 3.05) is 39.3 Å². The summed E-state index contributed by atoms with van der Waals surface area (Å²) < 4.78 is 0. The quantitative estimate of drug-likeness (QED) is 0.0376. The molecule has 0 rings (SSSR count). The predicted octanol–water partition coefficient (Wildman–Crippen LogP) is 0.717. The van der Waals surface area contributed by atoms with Gasteiger partial charge >= 0.3 is 43.7 Å². The maximum Gasteiger partial charge on any atom is 2.00 e. The van der Waals surface area contributed by atoms with Gasteiger partial charge in [-0.15, -0.1) is 0 Å². The smallest absolute Gasteiger partial charge is 0.862 e. The Kier molecular flexibility index (Phi) is 33.1. The molecule has 4 unspecified atom stereocenters. The number of carboxylic acids is 2. The van der Waals surface area contributed by atoms with Crippen LogP contribution in [0.1, 0.15) is 92.9 Å². The van der Waals surface area contributed by atoms with E-state index in [1.807, 2.05) is 26.0 Å². The van der Waals surface area contributed by atoms with E-state index in [9.17, 15) is 34.8 Å². The van der Waals surface area contributed by atoms with Crippen molar-refractivity contribution in [1.29, 1.82) is 0 Å². The van der Waals surface area contributed by atoms with Crippen molar-refractivity contribution in [2.24, 2.45) is 4.99 Å². The number of amides is 1. The second kappa shape index (κ2) is 31.1. The molecule has 0 aromatic rings. The van der Waals surface area contributed by atoms with Crippen LogP contribution in [0.3, 0.4) is 0 Å². The fraction of sp³-hybridized carbons (Fsp3) is 0.750. The Morgan fingerprint density at radius 2 is 1.29 bits per heavy atom. The summed E-state index contributed by atoms with van der Waals surface area (Å²) in [5, 5.41) is 53.2. The molecule has 0 saturated carbocycles. The number of unbranched alkanes of at least 4 members (excludes halogenated alkanes) is 4. The standard InChI is InChI=1S/2C16H30N2O4.Ca/c2*1-4-5-6-7-8-9-15(20)17-10-11-18(12-13(2)19)14(3)16(21)22;/h2*4-5,13-14,19H,6-12H2,1-3H3,(H,17,20)(H,21,22);/q;;+2/p-2/b2*5-4+;. The van der Waals surface area contributed by atoms with E-state index >= 15 is 0 Å². The van der Waals surface area contributed by atoms with Crippen molar-refractivity contribution < 1.29 is 39.9 Å². The average molecular weight is 667 g/mol. The fourth-order valence-electron chi connectivity index (χ4n) is 4.10. The predicted molar refractivity (Wildman–Crippen MR) is 176 cm³/mol. The number of carbonyl (C=O) groups is 3. The molecule has 1 amide bonds. The molecule has 0 bridgehead atoms. The third-order valence-corrected chi connectivity index (χ3v) is 6.70. The van der Waals surface area contributed by atoms with Gasteiger partial charge in [-0.2, -0.15) is 0 Å². The van der Waals surface area contributed by atoms with E-state index in [0.717, 1.165) is 38.5 Å². The number of nitrogens with one attached hydrogen (secondary N) is 1. The van der Waals surface area contributed by atoms with E-state index in [1.54, 1.807) is 30.6 Å². The SMILES string of the molecule is C/C=C/CCCCC(=O)NCCN(CC(C)O)C(C)C(=O)O.C/C=C/CCCCC([O-])=NCCN(CC(C)O)C(C)C(=O)[O-].[Ca+2]. The number of carbonyl (C=O) groups excluding carboxylic acids is 2. The zero-order chi connectivity index (χ0) is 33.9. The van der Waals surface area contributed by atoms with Crippen LogP contribution in [0.25, 0.3) is 0 Å². The van der Waals surface area contributed by atoms with Crippen molar-refractivity contribution in [2.45, 2.75) is 117 Å². The molecule has 0 aliphatic rings. The number of hydrogen-bond acceptors (Lipinski definition) is 10. The van der Waals surface area contributed by atoms with Crippen LogP contribution >= 0.6 is 0 Å². The second-order valence-electron chi connectivity index (χ2n) is 11.0. The zero-order valence-corrected chi connectivity index (χ0v) is 30.7. The summed E-state index contributed by atoms with van der Waals surface area (Å²) in [5.74, 6) is -2.30. The van der Waals surface area contributed by atoms with Gasteiger partial charge in [0.25, 0.3) is 0 Å². The van der Waals surface area contributed by atoms with Gasteiger partial charge < -0.3 is 40.6 Å². The van der Waals surface area contributed by atoms with Gasteiger partial charge in [0.2, 0.25) is 5.91 Å². The van der Waals surface area contributed by atoms with Gasteiger partial charge in [0, 0.05) is 45.2 Å². The minimum Gasteiger partial charge on any atom is -0.862 e. The van der Waals surface area contributed by atoms with E-state index in [0.29, 0.717) is 32.5 Å². The average Bonchev–Trinajstić information content (AvgIpc) is 2.94. The molecule has 4 N–H and O–H groups in total.